The van der Waals surface area contributed by atoms with Gasteiger partial charge in [0.2, 0.25) is 0 Å². The zero-order valence-corrected chi connectivity index (χ0v) is 12.1. The van der Waals surface area contributed by atoms with Crippen molar-refractivity contribution in [1.29, 1.82) is 0 Å². The topological polar surface area (TPSA) is 111 Å². The Labute approximate surface area is 127 Å². The molecule has 0 unspecified atom stereocenters. The minimum atomic E-state index is -0.508. The first-order valence-corrected chi connectivity index (χ1v) is 6.94. The van der Waals surface area contributed by atoms with Crippen LogP contribution in [0.1, 0.15) is 18.4 Å². The molecule has 118 valence electrons. The Morgan fingerprint density at radius 1 is 1.41 bits per heavy atom. The number of nitrogens with one attached hydrogen (secondary N) is 2. The van der Waals surface area contributed by atoms with Crippen LogP contribution in [0.5, 0.6) is 0 Å². The summed E-state index contributed by atoms with van der Waals surface area (Å²) in [4.78, 5) is 33.3. The van der Waals surface area contributed by atoms with Gasteiger partial charge in [0.05, 0.1) is 28.6 Å². The third-order valence-electron chi connectivity index (χ3n) is 3.29. The third kappa shape index (κ3) is 4.18. The minimum absolute atomic E-state index is 0.0290. The molecule has 1 aliphatic carbocycles. The zero-order valence-electron chi connectivity index (χ0n) is 12.1. The SMILES string of the molecule is Cc1c(NC(=O)NCCOC(=O)C2CC2)cccc1[N+](=O)[O-]. The lowest BCUT2D eigenvalue weighted by molar-refractivity contribution is -0.385. The Hall–Kier alpha value is -2.64. The quantitative estimate of drug-likeness (QED) is 0.361. The van der Waals surface area contributed by atoms with Gasteiger partial charge in [-0.1, -0.05) is 6.07 Å². The summed E-state index contributed by atoms with van der Waals surface area (Å²) in [6.07, 6.45) is 1.75. The van der Waals surface area contributed by atoms with Gasteiger partial charge in [-0.3, -0.25) is 14.9 Å². The number of amides is 2. The van der Waals surface area contributed by atoms with Crippen LogP contribution in [0, 0.1) is 23.0 Å². The molecular weight excluding hydrogens is 290 g/mol. The molecule has 0 heterocycles. The molecular formula is C14H17N3O5. The van der Waals surface area contributed by atoms with Gasteiger partial charge in [-0.25, -0.2) is 4.79 Å². The molecule has 2 rings (SSSR count). The van der Waals surface area contributed by atoms with Crippen LogP contribution < -0.4 is 10.6 Å². The van der Waals surface area contributed by atoms with Crippen molar-refractivity contribution in [3.8, 4) is 0 Å². The first-order chi connectivity index (χ1) is 10.5. The smallest absolute Gasteiger partial charge is 0.319 e. The number of esters is 1. The van der Waals surface area contributed by atoms with Crippen molar-refractivity contribution >= 4 is 23.4 Å². The first-order valence-electron chi connectivity index (χ1n) is 6.94. The molecule has 0 aliphatic heterocycles. The Bertz CT molecular complexity index is 598. The van der Waals surface area contributed by atoms with Crippen molar-refractivity contribution in [2.45, 2.75) is 19.8 Å². The number of carbonyl (C=O) groups excluding carboxylic acids is 2. The maximum atomic E-state index is 11.7. The molecule has 0 bridgehead atoms. The van der Waals surface area contributed by atoms with Gasteiger partial charge >= 0.3 is 12.0 Å². The first kappa shape index (κ1) is 15.7. The molecule has 0 aromatic heterocycles. The summed E-state index contributed by atoms with van der Waals surface area (Å²) in [5.74, 6) is -0.196. The number of ether oxygens (including phenoxy) is 1. The van der Waals surface area contributed by atoms with Crippen LogP contribution in [-0.4, -0.2) is 30.1 Å². The van der Waals surface area contributed by atoms with E-state index < -0.39 is 11.0 Å². The van der Waals surface area contributed by atoms with Crippen LogP contribution in [0.2, 0.25) is 0 Å². The summed E-state index contributed by atoms with van der Waals surface area (Å²) in [7, 11) is 0. The van der Waals surface area contributed by atoms with Crippen LogP contribution in [0.25, 0.3) is 0 Å². The Kier molecular flexibility index (Phi) is 4.92. The van der Waals surface area contributed by atoms with Crippen LogP contribution in [0.15, 0.2) is 18.2 Å². The summed E-state index contributed by atoms with van der Waals surface area (Å²) in [5, 5.41) is 15.9. The molecule has 0 saturated heterocycles. The lowest BCUT2D eigenvalue weighted by Crippen LogP contribution is -2.32. The zero-order chi connectivity index (χ0) is 16.1. The lowest BCUT2D eigenvalue weighted by Gasteiger charge is -2.10. The average molecular weight is 307 g/mol. The molecule has 8 heteroatoms. The highest BCUT2D eigenvalue weighted by molar-refractivity contribution is 5.90. The van der Waals surface area contributed by atoms with Crippen LogP contribution in [0.4, 0.5) is 16.2 Å². The van der Waals surface area contributed by atoms with E-state index in [1.165, 1.54) is 12.1 Å². The Morgan fingerprint density at radius 2 is 2.14 bits per heavy atom. The molecule has 2 amide bonds. The van der Waals surface area contributed by atoms with Crippen molar-refractivity contribution in [2.75, 3.05) is 18.5 Å². The number of urea groups is 1. The van der Waals surface area contributed by atoms with Crippen molar-refractivity contribution in [1.82, 2.24) is 5.32 Å². The molecule has 22 heavy (non-hydrogen) atoms. The molecule has 1 fully saturated rings. The average Bonchev–Trinajstić information content (AvgIpc) is 3.30. The van der Waals surface area contributed by atoms with Gasteiger partial charge in [-0.15, -0.1) is 0 Å². The fourth-order valence-electron chi connectivity index (χ4n) is 1.88. The van der Waals surface area contributed by atoms with E-state index in [2.05, 4.69) is 10.6 Å². The van der Waals surface area contributed by atoms with Crippen molar-refractivity contribution in [3.63, 3.8) is 0 Å². The van der Waals surface area contributed by atoms with E-state index in [0.717, 1.165) is 12.8 Å². The summed E-state index contributed by atoms with van der Waals surface area (Å²) < 4.78 is 4.97. The van der Waals surface area contributed by atoms with E-state index in [-0.39, 0.29) is 30.7 Å². The van der Waals surface area contributed by atoms with Gasteiger partial charge in [0.15, 0.2) is 0 Å². The number of hydrogen-bond acceptors (Lipinski definition) is 5. The highest BCUT2D eigenvalue weighted by atomic mass is 16.6. The fraction of sp³-hybridized carbons (Fsp3) is 0.429. The Balaban J connectivity index is 1.78. The van der Waals surface area contributed by atoms with Crippen molar-refractivity contribution in [3.05, 3.63) is 33.9 Å². The van der Waals surface area contributed by atoms with Gasteiger partial charge in [0.1, 0.15) is 6.61 Å². The monoisotopic (exact) mass is 307 g/mol. The fourth-order valence-corrected chi connectivity index (χ4v) is 1.88. The van der Waals surface area contributed by atoms with E-state index in [4.69, 9.17) is 4.74 Å². The summed E-state index contributed by atoms with van der Waals surface area (Å²) in [5.41, 5.74) is 0.681. The highest BCUT2D eigenvalue weighted by Crippen LogP contribution is 2.29. The van der Waals surface area contributed by atoms with E-state index in [0.29, 0.717) is 11.3 Å². The molecule has 2 N–H and O–H groups in total. The molecule has 0 radical (unpaired) electrons. The van der Waals surface area contributed by atoms with E-state index in [9.17, 15) is 19.7 Å². The molecule has 0 spiro atoms. The number of nitro benzene ring substituents is 1. The number of nitro groups is 1. The molecule has 1 aromatic rings. The third-order valence-corrected chi connectivity index (χ3v) is 3.29. The van der Waals surface area contributed by atoms with E-state index >= 15 is 0 Å². The highest BCUT2D eigenvalue weighted by Gasteiger charge is 2.31. The number of anilines is 1. The van der Waals surface area contributed by atoms with Gasteiger partial charge < -0.3 is 15.4 Å². The Morgan fingerprint density at radius 3 is 2.77 bits per heavy atom. The van der Waals surface area contributed by atoms with Crippen molar-refractivity contribution < 1.29 is 19.2 Å². The summed E-state index contributed by atoms with van der Waals surface area (Å²) >= 11 is 0. The number of nitrogens with zero attached hydrogens (tertiary/aromatic N) is 1. The van der Waals surface area contributed by atoms with Gasteiger partial charge in [-0.05, 0) is 25.8 Å². The van der Waals surface area contributed by atoms with Gasteiger partial charge in [0.25, 0.3) is 5.69 Å². The summed E-state index contributed by atoms with van der Waals surface area (Å²) in [6, 6.07) is 3.94. The molecule has 1 aliphatic rings. The van der Waals surface area contributed by atoms with E-state index in [1.807, 2.05) is 0 Å². The molecule has 1 aromatic carbocycles. The normalized spacial score (nSPS) is 13.3. The van der Waals surface area contributed by atoms with Gasteiger partial charge in [0, 0.05) is 6.07 Å². The van der Waals surface area contributed by atoms with Gasteiger partial charge in [-0.2, -0.15) is 0 Å². The van der Waals surface area contributed by atoms with E-state index in [1.54, 1.807) is 13.0 Å². The second kappa shape index (κ2) is 6.88. The number of benzene rings is 1. The molecule has 8 nitrogen and oxygen atoms in total. The standard InChI is InChI=1S/C14H17N3O5/c1-9-11(3-2-4-12(9)17(20)21)16-14(19)15-7-8-22-13(18)10-5-6-10/h2-4,10H,5-8H2,1H3,(H2,15,16,19). The number of rotatable bonds is 6. The van der Waals surface area contributed by atoms with Crippen LogP contribution >= 0.6 is 0 Å². The second-order valence-corrected chi connectivity index (χ2v) is 5.03. The second-order valence-electron chi connectivity index (χ2n) is 5.03. The lowest BCUT2D eigenvalue weighted by atomic mass is 10.1. The largest absolute Gasteiger partial charge is 0.464 e. The van der Waals surface area contributed by atoms with Crippen molar-refractivity contribution in [2.24, 2.45) is 5.92 Å². The minimum Gasteiger partial charge on any atom is -0.464 e. The summed E-state index contributed by atoms with van der Waals surface area (Å²) in [6.45, 7) is 1.85. The molecule has 1 saturated carbocycles. The predicted octanol–water partition coefficient (Wildman–Crippen LogP) is 1.98. The maximum absolute atomic E-state index is 11.7. The van der Waals surface area contributed by atoms with Crippen LogP contribution in [0.3, 0.4) is 0 Å². The number of hydrogen-bond donors (Lipinski definition) is 2. The number of carbonyl (C=O) groups is 2. The predicted molar refractivity (Wildman–Crippen MR) is 78.5 cm³/mol. The maximum Gasteiger partial charge on any atom is 0.319 e. The van der Waals surface area contributed by atoms with Crippen LogP contribution in [-0.2, 0) is 9.53 Å². The molecule has 0 atom stereocenters.